The van der Waals surface area contributed by atoms with Gasteiger partial charge in [-0.2, -0.15) is 0 Å². The summed E-state index contributed by atoms with van der Waals surface area (Å²) < 4.78 is 51.8. The van der Waals surface area contributed by atoms with E-state index in [1.54, 1.807) is 0 Å². The summed E-state index contributed by atoms with van der Waals surface area (Å²) in [6, 6.07) is 2.17. The second-order valence-electron chi connectivity index (χ2n) is 4.65. The predicted molar refractivity (Wildman–Crippen MR) is 69.6 cm³/mol. The Morgan fingerprint density at radius 1 is 1.21 bits per heavy atom. The maximum atomic E-state index is 13.0. The van der Waals surface area contributed by atoms with Crippen LogP contribution in [0.15, 0.2) is 23.1 Å². The fraction of sp³-hybridized carbons (Fsp3) is 0.455. The molecule has 8 heteroatoms. The average molecular weight is 313 g/mol. The van der Waals surface area contributed by atoms with Gasteiger partial charge >= 0.3 is 0 Å². The molecule has 108 valence electrons. The van der Waals surface area contributed by atoms with Gasteiger partial charge in [0, 0.05) is 18.2 Å². The molecule has 4 nitrogen and oxygen atoms in total. The van der Waals surface area contributed by atoms with Gasteiger partial charge in [0.25, 0.3) is 0 Å². The molecular formula is C11H15ClF2N2O2S. The van der Waals surface area contributed by atoms with Crippen molar-refractivity contribution in [1.82, 2.24) is 4.72 Å². The van der Waals surface area contributed by atoms with Crippen LogP contribution in [0, 0.1) is 11.6 Å². The summed E-state index contributed by atoms with van der Waals surface area (Å²) in [5.74, 6) is -1.86. The van der Waals surface area contributed by atoms with E-state index < -0.39 is 32.1 Å². The molecule has 1 aromatic carbocycles. The Hall–Kier alpha value is -0.760. The zero-order chi connectivity index (χ0) is 13.4. The highest BCUT2D eigenvalue weighted by atomic mass is 35.5. The molecule has 0 saturated heterocycles. The molecule has 0 amide bonds. The number of rotatable bonds is 4. The van der Waals surface area contributed by atoms with Crippen molar-refractivity contribution in [3.63, 3.8) is 0 Å². The lowest BCUT2D eigenvalue weighted by Crippen LogP contribution is -2.54. The van der Waals surface area contributed by atoms with Gasteiger partial charge in [0.05, 0.1) is 4.90 Å². The Morgan fingerprint density at radius 3 is 2.16 bits per heavy atom. The van der Waals surface area contributed by atoms with Gasteiger partial charge in [-0.3, -0.25) is 0 Å². The molecule has 1 aliphatic carbocycles. The van der Waals surface area contributed by atoms with E-state index in [-0.39, 0.29) is 19.0 Å². The van der Waals surface area contributed by atoms with E-state index in [1.807, 2.05) is 0 Å². The molecule has 0 heterocycles. The first-order valence-electron chi connectivity index (χ1n) is 5.55. The molecule has 0 unspecified atom stereocenters. The van der Waals surface area contributed by atoms with Crippen LogP contribution in [0.2, 0.25) is 0 Å². The van der Waals surface area contributed by atoms with Gasteiger partial charge in [-0.25, -0.2) is 21.9 Å². The van der Waals surface area contributed by atoms with E-state index in [9.17, 15) is 17.2 Å². The number of benzene rings is 1. The Labute approximate surface area is 116 Å². The van der Waals surface area contributed by atoms with Crippen molar-refractivity contribution in [2.75, 3.05) is 6.54 Å². The van der Waals surface area contributed by atoms with Gasteiger partial charge in [-0.15, -0.1) is 12.4 Å². The summed E-state index contributed by atoms with van der Waals surface area (Å²) in [4.78, 5) is -0.428. The largest absolute Gasteiger partial charge is 0.324 e. The van der Waals surface area contributed by atoms with Crippen molar-refractivity contribution >= 4 is 22.4 Å². The molecule has 0 aliphatic heterocycles. The second-order valence-corrected chi connectivity index (χ2v) is 6.41. The minimum absolute atomic E-state index is 0. The molecule has 3 N–H and O–H groups in total. The minimum atomic E-state index is -3.92. The lowest BCUT2D eigenvalue weighted by atomic mass is 9.78. The Morgan fingerprint density at radius 2 is 1.74 bits per heavy atom. The number of nitrogens with one attached hydrogen (secondary N) is 1. The summed E-state index contributed by atoms with van der Waals surface area (Å²) in [7, 11) is -3.92. The normalized spacial score (nSPS) is 17.4. The number of nitrogens with two attached hydrogens (primary N) is 1. The summed E-state index contributed by atoms with van der Waals surface area (Å²) in [6.07, 6.45) is 2.45. The molecule has 1 aliphatic rings. The van der Waals surface area contributed by atoms with Crippen LogP contribution in [0.3, 0.4) is 0 Å². The lowest BCUT2D eigenvalue weighted by molar-refractivity contribution is 0.251. The maximum Gasteiger partial charge on any atom is 0.240 e. The Balaban J connectivity index is 0.00000180. The van der Waals surface area contributed by atoms with Gasteiger partial charge in [0.15, 0.2) is 0 Å². The predicted octanol–water partition coefficient (Wildman–Crippen LogP) is 1.55. The van der Waals surface area contributed by atoms with Gasteiger partial charge in [-0.05, 0) is 31.4 Å². The molecule has 0 spiro atoms. The SMILES string of the molecule is Cl.NC1(CNS(=O)(=O)c2cc(F)cc(F)c2)CCC1. The van der Waals surface area contributed by atoms with Crippen molar-refractivity contribution in [2.24, 2.45) is 5.73 Å². The van der Waals surface area contributed by atoms with E-state index in [4.69, 9.17) is 5.73 Å². The van der Waals surface area contributed by atoms with E-state index in [0.29, 0.717) is 6.07 Å². The fourth-order valence-corrected chi connectivity index (χ4v) is 2.99. The summed E-state index contributed by atoms with van der Waals surface area (Å²) in [6.45, 7) is 0.0769. The first kappa shape index (κ1) is 16.3. The molecule has 19 heavy (non-hydrogen) atoms. The highest BCUT2D eigenvalue weighted by Crippen LogP contribution is 2.28. The molecule has 0 atom stereocenters. The molecule has 1 aromatic rings. The first-order valence-corrected chi connectivity index (χ1v) is 7.04. The number of halogens is 3. The van der Waals surface area contributed by atoms with Crippen molar-refractivity contribution < 1.29 is 17.2 Å². The number of hydrogen-bond acceptors (Lipinski definition) is 3. The summed E-state index contributed by atoms with van der Waals surface area (Å²) >= 11 is 0. The fourth-order valence-electron chi connectivity index (χ4n) is 1.81. The van der Waals surface area contributed by atoms with Crippen LogP contribution in [0.25, 0.3) is 0 Å². The molecule has 0 bridgehead atoms. The summed E-state index contributed by atoms with van der Waals surface area (Å²) in [5.41, 5.74) is 5.34. The van der Waals surface area contributed by atoms with Crippen LogP contribution < -0.4 is 10.5 Å². The lowest BCUT2D eigenvalue weighted by Gasteiger charge is -2.37. The van der Waals surface area contributed by atoms with Gasteiger partial charge in [-0.1, -0.05) is 0 Å². The van der Waals surface area contributed by atoms with Crippen LogP contribution in [-0.2, 0) is 10.0 Å². The van der Waals surface area contributed by atoms with Crippen molar-refractivity contribution in [3.05, 3.63) is 29.8 Å². The highest BCUT2D eigenvalue weighted by molar-refractivity contribution is 7.89. The Bertz CT molecular complexity index is 542. The van der Waals surface area contributed by atoms with E-state index in [2.05, 4.69) is 4.72 Å². The van der Waals surface area contributed by atoms with Gasteiger partial charge in [0.2, 0.25) is 10.0 Å². The zero-order valence-corrected chi connectivity index (χ0v) is 11.7. The monoisotopic (exact) mass is 312 g/mol. The average Bonchev–Trinajstić information content (AvgIpc) is 2.22. The molecule has 2 rings (SSSR count). The highest BCUT2D eigenvalue weighted by Gasteiger charge is 2.33. The molecule has 1 saturated carbocycles. The second kappa shape index (κ2) is 5.70. The van der Waals surface area contributed by atoms with Crippen molar-refractivity contribution in [2.45, 2.75) is 29.7 Å². The van der Waals surface area contributed by atoms with Crippen LogP contribution in [0.1, 0.15) is 19.3 Å². The summed E-state index contributed by atoms with van der Waals surface area (Å²) in [5, 5.41) is 0. The van der Waals surface area contributed by atoms with Crippen LogP contribution >= 0.6 is 12.4 Å². The van der Waals surface area contributed by atoms with E-state index >= 15 is 0 Å². The first-order chi connectivity index (χ1) is 8.31. The van der Waals surface area contributed by atoms with Crippen molar-refractivity contribution in [1.29, 1.82) is 0 Å². The van der Waals surface area contributed by atoms with Crippen LogP contribution in [0.4, 0.5) is 8.78 Å². The third kappa shape index (κ3) is 3.85. The zero-order valence-electron chi connectivity index (χ0n) is 10.0. The number of sulfonamides is 1. The van der Waals surface area contributed by atoms with Crippen molar-refractivity contribution in [3.8, 4) is 0 Å². The molecule has 0 aromatic heterocycles. The quantitative estimate of drug-likeness (QED) is 0.886. The smallest absolute Gasteiger partial charge is 0.240 e. The third-order valence-corrected chi connectivity index (χ3v) is 4.49. The molecule has 1 fully saturated rings. The third-order valence-electron chi connectivity index (χ3n) is 3.11. The standard InChI is InChI=1S/C11H14F2N2O2S.ClH/c12-8-4-9(13)6-10(5-8)18(16,17)15-7-11(14)2-1-3-11;/h4-6,15H,1-3,7,14H2;1H. The van der Waals surface area contributed by atoms with E-state index in [1.165, 1.54) is 0 Å². The van der Waals surface area contributed by atoms with Gasteiger partial charge in [0.1, 0.15) is 11.6 Å². The topological polar surface area (TPSA) is 72.2 Å². The molecular weight excluding hydrogens is 298 g/mol. The van der Waals surface area contributed by atoms with Gasteiger partial charge < -0.3 is 5.73 Å². The molecule has 0 radical (unpaired) electrons. The minimum Gasteiger partial charge on any atom is -0.324 e. The Kier molecular flexibility index (Phi) is 4.89. The number of hydrogen-bond donors (Lipinski definition) is 2. The maximum absolute atomic E-state index is 13.0. The van der Waals surface area contributed by atoms with E-state index in [0.717, 1.165) is 31.4 Å². The van der Waals surface area contributed by atoms with Crippen LogP contribution in [0.5, 0.6) is 0 Å². The van der Waals surface area contributed by atoms with Crippen LogP contribution in [-0.4, -0.2) is 20.5 Å².